The number of ether oxygens (including phenoxy) is 1. The van der Waals surface area contributed by atoms with E-state index < -0.39 is 0 Å². The topological polar surface area (TPSA) is 62.7 Å². The van der Waals surface area contributed by atoms with Gasteiger partial charge in [-0.05, 0) is 73.1 Å². The molecule has 164 valence electrons. The minimum absolute atomic E-state index is 0.0671. The molecule has 0 radical (unpaired) electrons. The first kappa shape index (κ1) is 20.7. The number of pyridine rings is 1. The van der Waals surface area contributed by atoms with Crippen molar-refractivity contribution in [1.29, 1.82) is 0 Å². The van der Waals surface area contributed by atoms with Crippen LogP contribution in [0, 0.1) is 0 Å². The van der Waals surface area contributed by atoms with Gasteiger partial charge in [0.25, 0.3) is 5.91 Å². The third-order valence-corrected chi connectivity index (χ3v) is 6.59. The fourth-order valence-corrected chi connectivity index (χ4v) is 4.85. The van der Waals surface area contributed by atoms with Crippen LogP contribution in [0.5, 0.6) is 5.75 Å². The van der Waals surface area contributed by atoms with E-state index in [0.29, 0.717) is 25.9 Å². The Morgan fingerprint density at radius 3 is 2.59 bits per heavy atom. The van der Waals surface area contributed by atoms with E-state index in [9.17, 15) is 9.90 Å². The molecule has 3 aromatic rings. The van der Waals surface area contributed by atoms with Gasteiger partial charge in [0.05, 0.1) is 30.0 Å². The van der Waals surface area contributed by atoms with Gasteiger partial charge in [0.1, 0.15) is 5.75 Å². The molecule has 2 aliphatic rings. The molecular formula is C27H28N2O3. The number of aromatic nitrogens is 1. The van der Waals surface area contributed by atoms with Crippen LogP contribution in [-0.2, 0) is 6.42 Å². The van der Waals surface area contributed by atoms with Crippen molar-refractivity contribution in [3.8, 4) is 5.75 Å². The maximum atomic E-state index is 13.7. The van der Waals surface area contributed by atoms with Crippen LogP contribution in [0.4, 0.5) is 0 Å². The molecule has 1 saturated heterocycles. The Morgan fingerprint density at radius 2 is 1.84 bits per heavy atom. The van der Waals surface area contributed by atoms with Gasteiger partial charge < -0.3 is 14.7 Å². The van der Waals surface area contributed by atoms with E-state index in [2.05, 4.69) is 6.08 Å². The maximum Gasteiger partial charge on any atom is 0.254 e. The van der Waals surface area contributed by atoms with E-state index in [1.165, 1.54) is 5.57 Å². The van der Waals surface area contributed by atoms with Crippen LogP contribution in [0.1, 0.15) is 52.9 Å². The van der Waals surface area contributed by atoms with E-state index in [4.69, 9.17) is 9.72 Å². The lowest BCUT2D eigenvalue weighted by atomic mass is 9.85. The third-order valence-electron chi connectivity index (χ3n) is 6.59. The molecule has 1 aromatic heterocycles. The summed E-state index contributed by atoms with van der Waals surface area (Å²) in [5.41, 5.74) is 5.93. The summed E-state index contributed by atoms with van der Waals surface area (Å²) in [7, 11) is 1.67. The molecule has 32 heavy (non-hydrogen) atoms. The van der Waals surface area contributed by atoms with Gasteiger partial charge in [0.15, 0.2) is 0 Å². The summed E-state index contributed by atoms with van der Waals surface area (Å²) >= 11 is 0. The predicted octanol–water partition coefficient (Wildman–Crippen LogP) is 4.72. The maximum absolute atomic E-state index is 13.7. The normalized spacial score (nSPS) is 18.1. The number of likely N-dealkylation sites (tertiary alicyclic amines) is 1. The average molecular weight is 429 g/mol. The molecule has 0 bridgehead atoms. The lowest BCUT2D eigenvalue weighted by Gasteiger charge is -2.31. The van der Waals surface area contributed by atoms with Gasteiger partial charge >= 0.3 is 0 Å². The van der Waals surface area contributed by atoms with Crippen molar-refractivity contribution in [1.82, 2.24) is 9.88 Å². The Labute approximate surface area is 188 Å². The molecular weight excluding hydrogens is 400 g/mol. The number of para-hydroxylation sites is 1. The lowest BCUT2D eigenvalue weighted by molar-refractivity contribution is 0.0547. The number of hydrogen-bond acceptors (Lipinski definition) is 4. The molecule has 1 aliphatic carbocycles. The molecule has 5 heteroatoms. The summed E-state index contributed by atoms with van der Waals surface area (Å²) in [5.74, 6) is 0.900. The summed E-state index contributed by atoms with van der Waals surface area (Å²) in [5, 5.41) is 10.8. The Hall–Kier alpha value is -3.18. The van der Waals surface area contributed by atoms with Crippen molar-refractivity contribution in [2.24, 2.45) is 0 Å². The number of rotatable bonds is 3. The van der Waals surface area contributed by atoms with Crippen molar-refractivity contribution < 1.29 is 14.6 Å². The SMILES string of the molecule is COc1ccc(/C=C2\CCCc3c2nc2ccccc2c3C(=O)N2CCC(O)CC2)cc1. The molecule has 1 aliphatic heterocycles. The summed E-state index contributed by atoms with van der Waals surface area (Å²) in [6, 6.07) is 16.0. The lowest BCUT2D eigenvalue weighted by Crippen LogP contribution is -2.40. The van der Waals surface area contributed by atoms with Crippen LogP contribution >= 0.6 is 0 Å². The quantitative estimate of drug-likeness (QED) is 0.656. The zero-order chi connectivity index (χ0) is 22.1. The Balaban J connectivity index is 1.62. The van der Waals surface area contributed by atoms with E-state index in [-0.39, 0.29) is 12.0 Å². The van der Waals surface area contributed by atoms with Crippen LogP contribution in [0.15, 0.2) is 48.5 Å². The Bertz CT molecular complexity index is 1180. The summed E-state index contributed by atoms with van der Waals surface area (Å²) in [4.78, 5) is 20.6. The van der Waals surface area contributed by atoms with Crippen LogP contribution in [0.2, 0.25) is 0 Å². The van der Waals surface area contributed by atoms with Crippen LogP contribution in [0.25, 0.3) is 22.6 Å². The highest BCUT2D eigenvalue weighted by Crippen LogP contribution is 2.37. The number of fused-ring (bicyclic) bond motifs is 2. The van der Waals surface area contributed by atoms with E-state index in [1.807, 2.05) is 53.4 Å². The number of hydrogen-bond donors (Lipinski definition) is 1. The second kappa shape index (κ2) is 8.75. The fourth-order valence-electron chi connectivity index (χ4n) is 4.85. The Morgan fingerprint density at radius 1 is 1.09 bits per heavy atom. The van der Waals surface area contributed by atoms with Crippen LogP contribution in [-0.4, -0.2) is 47.2 Å². The van der Waals surface area contributed by atoms with Crippen LogP contribution < -0.4 is 4.74 Å². The summed E-state index contributed by atoms with van der Waals surface area (Å²) in [6.07, 6.45) is 5.94. The first-order valence-electron chi connectivity index (χ1n) is 11.4. The molecule has 0 unspecified atom stereocenters. The van der Waals surface area contributed by atoms with Crippen molar-refractivity contribution >= 4 is 28.5 Å². The summed E-state index contributed by atoms with van der Waals surface area (Å²) in [6.45, 7) is 1.19. The number of methoxy groups -OCH3 is 1. The predicted molar refractivity (Wildman–Crippen MR) is 127 cm³/mol. The molecule has 0 saturated carbocycles. The van der Waals surface area contributed by atoms with Gasteiger partial charge in [-0.3, -0.25) is 4.79 Å². The first-order chi connectivity index (χ1) is 15.6. The highest BCUT2D eigenvalue weighted by Gasteiger charge is 2.29. The molecule has 2 heterocycles. The number of carbonyl (C=O) groups is 1. The Kier molecular flexibility index (Phi) is 5.66. The van der Waals surface area contributed by atoms with Gasteiger partial charge in [0.2, 0.25) is 0 Å². The van der Waals surface area contributed by atoms with Crippen molar-refractivity contribution in [2.45, 2.75) is 38.2 Å². The van der Waals surface area contributed by atoms with E-state index >= 15 is 0 Å². The zero-order valence-electron chi connectivity index (χ0n) is 18.4. The van der Waals surface area contributed by atoms with Crippen molar-refractivity contribution in [3.63, 3.8) is 0 Å². The highest BCUT2D eigenvalue weighted by atomic mass is 16.5. The minimum atomic E-state index is -0.304. The van der Waals surface area contributed by atoms with E-state index in [0.717, 1.165) is 58.3 Å². The molecule has 0 spiro atoms. The van der Waals surface area contributed by atoms with Gasteiger partial charge in [-0.25, -0.2) is 4.98 Å². The zero-order valence-corrected chi connectivity index (χ0v) is 18.4. The van der Waals surface area contributed by atoms with Gasteiger partial charge in [-0.1, -0.05) is 30.3 Å². The number of aliphatic hydroxyl groups is 1. The second-order valence-electron chi connectivity index (χ2n) is 8.65. The average Bonchev–Trinajstić information content (AvgIpc) is 2.83. The number of aliphatic hydroxyl groups excluding tert-OH is 1. The molecule has 5 rings (SSSR count). The largest absolute Gasteiger partial charge is 0.497 e. The number of piperidine rings is 1. The monoisotopic (exact) mass is 428 g/mol. The number of carbonyl (C=O) groups excluding carboxylic acids is 1. The van der Waals surface area contributed by atoms with E-state index in [1.54, 1.807) is 7.11 Å². The molecule has 0 atom stereocenters. The highest BCUT2D eigenvalue weighted by molar-refractivity contribution is 6.09. The van der Waals surface area contributed by atoms with Gasteiger partial charge in [0, 0.05) is 18.5 Å². The smallest absolute Gasteiger partial charge is 0.254 e. The number of nitrogens with zero attached hydrogens (tertiary/aromatic N) is 2. The van der Waals surface area contributed by atoms with Gasteiger partial charge in [-0.2, -0.15) is 0 Å². The molecule has 2 aromatic carbocycles. The molecule has 5 nitrogen and oxygen atoms in total. The van der Waals surface area contributed by atoms with Crippen LogP contribution in [0.3, 0.4) is 0 Å². The third kappa shape index (κ3) is 3.89. The molecule has 1 amide bonds. The standard InChI is InChI=1S/C27H28N2O3/c1-32-21-11-9-18(10-12-21)17-19-5-4-7-23-25(27(31)29-15-13-20(30)14-16-29)22-6-2-3-8-24(22)28-26(19)23/h2-3,6,8-12,17,20,30H,4-5,7,13-16H2,1H3/b19-17+. The summed E-state index contributed by atoms with van der Waals surface area (Å²) < 4.78 is 5.28. The number of benzene rings is 2. The minimum Gasteiger partial charge on any atom is -0.497 e. The van der Waals surface area contributed by atoms with Crippen molar-refractivity contribution in [3.05, 3.63) is 70.9 Å². The fraction of sp³-hybridized carbons (Fsp3) is 0.333. The molecule has 1 fully saturated rings. The number of amides is 1. The molecule has 1 N–H and O–H groups in total. The first-order valence-corrected chi connectivity index (χ1v) is 11.4. The van der Waals surface area contributed by atoms with Crippen molar-refractivity contribution in [2.75, 3.05) is 20.2 Å². The van der Waals surface area contributed by atoms with Gasteiger partial charge in [-0.15, -0.1) is 0 Å². The second-order valence-corrected chi connectivity index (χ2v) is 8.65. The number of allylic oxidation sites excluding steroid dienone is 1.